The van der Waals surface area contributed by atoms with Crippen LogP contribution in [0.4, 0.5) is 0 Å². The molecule has 0 aliphatic carbocycles. The molecule has 3 aromatic rings. The van der Waals surface area contributed by atoms with Crippen LogP contribution in [0.1, 0.15) is 35.1 Å². The van der Waals surface area contributed by atoms with Crippen molar-refractivity contribution in [2.75, 3.05) is 13.1 Å². The van der Waals surface area contributed by atoms with E-state index in [1.807, 2.05) is 0 Å². The van der Waals surface area contributed by atoms with Gasteiger partial charge in [0.05, 0.1) is 5.39 Å². The van der Waals surface area contributed by atoms with E-state index in [2.05, 4.69) is 4.98 Å². The van der Waals surface area contributed by atoms with Crippen LogP contribution in [0.2, 0.25) is 0 Å². The fraction of sp³-hybridized carbons (Fsp3) is 0.300. The summed E-state index contributed by atoms with van der Waals surface area (Å²) in [4.78, 5) is 42.6. The number of likely N-dealkylation sites (tertiary alicyclic amines) is 1. The summed E-state index contributed by atoms with van der Waals surface area (Å²) >= 11 is 0. The zero-order chi connectivity index (χ0) is 19.7. The molecule has 1 aromatic carbocycles. The molecule has 1 fully saturated rings. The van der Waals surface area contributed by atoms with Crippen molar-refractivity contribution in [1.82, 2.24) is 14.5 Å². The Kier molecular flexibility index (Phi) is 4.68. The van der Waals surface area contributed by atoms with Gasteiger partial charge in [-0.25, -0.2) is 4.98 Å². The first-order valence-corrected chi connectivity index (χ1v) is 9.14. The molecule has 8 nitrogen and oxygen atoms in total. The summed E-state index contributed by atoms with van der Waals surface area (Å²) < 4.78 is 7.41. The van der Waals surface area contributed by atoms with Gasteiger partial charge in [0.25, 0.3) is 5.91 Å². The highest BCUT2D eigenvalue weighted by atomic mass is 16.3. The molecule has 4 rings (SSSR count). The number of imidazole rings is 1. The Morgan fingerprint density at radius 2 is 2.11 bits per heavy atom. The van der Waals surface area contributed by atoms with E-state index < -0.39 is 5.91 Å². The van der Waals surface area contributed by atoms with Gasteiger partial charge in [0.15, 0.2) is 11.2 Å². The molecule has 2 aromatic heterocycles. The maximum absolute atomic E-state index is 13.0. The number of carbonyl (C=O) groups is 2. The Labute approximate surface area is 160 Å². The third kappa shape index (κ3) is 3.40. The van der Waals surface area contributed by atoms with Gasteiger partial charge in [-0.1, -0.05) is 12.1 Å². The van der Waals surface area contributed by atoms with Crippen LogP contribution in [0, 0.1) is 0 Å². The molecule has 1 aliphatic heterocycles. The standard InChI is InChI=1S/C20H20N4O4/c21-18(26)12-23-9-7-22-19(23)13-4-3-8-24(11-13)20(27)17-10-15(25)14-5-1-2-6-16(14)28-17/h1-2,5-7,9-10,13H,3-4,8,11-12H2,(H2,21,26)/t13-/m1/s1. The van der Waals surface area contributed by atoms with Crippen molar-refractivity contribution in [2.45, 2.75) is 25.3 Å². The lowest BCUT2D eigenvalue weighted by atomic mass is 9.96. The zero-order valence-corrected chi connectivity index (χ0v) is 15.2. The average molecular weight is 380 g/mol. The second-order valence-corrected chi connectivity index (χ2v) is 6.94. The van der Waals surface area contributed by atoms with Crippen LogP contribution < -0.4 is 11.2 Å². The Morgan fingerprint density at radius 1 is 1.29 bits per heavy atom. The minimum atomic E-state index is -0.444. The predicted molar refractivity (Wildman–Crippen MR) is 102 cm³/mol. The number of nitrogens with zero attached hydrogens (tertiary/aromatic N) is 3. The highest BCUT2D eigenvalue weighted by molar-refractivity contribution is 5.93. The number of benzene rings is 1. The van der Waals surface area contributed by atoms with Crippen molar-refractivity contribution in [2.24, 2.45) is 5.73 Å². The normalized spacial score (nSPS) is 17.0. The number of amides is 2. The van der Waals surface area contributed by atoms with Gasteiger partial charge in [0, 0.05) is 37.5 Å². The number of para-hydroxylation sites is 1. The van der Waals surface area contributed by atoms with Crippen molar-refractivity contribution >= 4 is 22.8 Å². The monoisotopic (exact) mass is 380 g/mol. The van der Waals surface area contributed by atoms with E-state index in [1.165, 1.54) is 6.07 Å². The maximum Gasteiger partial charge on any atom is 0.289 e. The van der Waals surface area contributed by atoms with E-state index >= 15 is 0 Å². The van der Waals surface area contributed by atoms with Crippen LogP contribution in [0.5, 0.6) is 0 Å². The van der Waals surface area contributed by atoms with Gasteiger partial charge in [-0.15, -0.1) is 0 Å². The third-order valence-electron chi connectivity index (χ3n) is 4.99. The number of hydrogen-bond donors (Lipinski definition) is 1. The lowest BCUT2D eigenvalue weighted by Crippen LogP contribution is -2.40. The fourth-order valence-electron chi connectivity index (χ4n) is 3.72. The van der Waals surface area contributed by atoms with Crippen LogP contribution in [-0.2, 0) is 11.3 Å². The van der Waals surface area contributed by atoms with E-state index in [0.717, 1.165) is 18.7 Å². The Morgan fingerprint density at radius 3 is 2.93 bits per heavy atom. The Hall–Kier alpha value is -3.42. The molecule has 3 heterocycles. The topological polar surface area (TPSA) is 111 Å². The third-order valence-corrected chi connectivity index (χ3v) is 4.99. The largest absolute Gasteiger partial charge is 0.451 e. The number of hydrogen-bond acceptors (Lipinski definition) is 5. The van der Waals surface area contributed by atoms with Gasteiger partial charge in [-0.2, -0.15) is 0 Å². The molecular weight excluding hydrogens is 360 g/mol. The average Bonchev–Trinajstić information content (AvgIpc) is 3.15. The second-order valence-electron chi connectivity index (χ2n) is 6.94. The summed E-state index contributed by atoms with van der Waals surface area (Å²) in [5, 5.41) is 0.448. The Bertz CT molecular complexity index is 1100. The highest BCUT2D eigenvalue weighted by Crippen LogP contribution is 2.27. The predicted octanol–water partition coefficient (Wildman–Crippen LogP) is 1.49. The molecule has 0 radical (unpaired) electrons. The molecule has 0 bridgehead atoms. The molecular formula is C20H20N4O4. The highest BCUT2D eigenvalue weighted by Gasteiger charge is 2.29. The molecule has 144 valence electrons. The molecule has 8 heteroatoms. The summed E-state index contributed by atoms with van der Waals surface area (Å²) in [7, 11) is 0. The smallest absolute Gasteiger partial charge is 0.289 e. The van der Waals surface area contributed by atoms with Crippen LogP contribution in [0.3, 0.4) is 0 Å². The summed E-state index contributed by atoms with van der Waals surface area (Å²) in [6.07, 6.45) is 4.98. The summed E-state index contributed by atoms with van der Waals surface area (Å²) in [6, 6.07) is 8.11. The number of primary amides is 1. The number of carbonyl (C=O) groups excluding carboxylic acids is 2. The zero-order valence-electron chi connectivity index (χ0n) is 15.2. The first-order chi connectivity index (χ1) is 13.5. The lowest BCUT2D eigenvalue weighted by Gasteiger charge is -2.32. The number of nitrogens with two attached hydrogens (primary N) is 1. The van der Waals surface area contributed by atoms with E-state index in [1.54, 1.807) is 46.1 Å². The number of fused-ring (bicyclic) bond motifs is 1. The molecule has 1 aliphatic rings. The van der Waals surface area contributed by atoms with E-state index in [4.69, 9.17) is 10.2 Å². The lowest BCUT2D eigenvalue weighted by molar-refractivity contribution is -0.118. The van der Waals surface area contributed by atoms with Crippen LogP contribution in [0.25, 0.3) is 11.0 Å². The number of rotatable bonds is 4. The van der Waals surface area contributed by atoms with Crippen molar-refractivity contribution in [3.8, 4) is 0 Å². The first kappa shape index (κ1) is 18.0. The maximum atomic E-state index is 13.0. The first-order valence-electron chi connectivity index (χ1n) is 9.14. The van der Waals surface area contributed by atoms with Crippen LogP contribution in [-0.4, -0.2) is 39.4 Å². The van der Waals surface area contributed by atoms with Gasteiger partial charge in [-0.3, -0.25) is 14.4 Å². The Balaban J connectivity index is 1.58. The number of aromatic nitrogens is 2. The van der Waals surface area contributed by atoms with Crippen molar-refractivity contribution in [3.05, 3.63) is 64.5 Å². The molecule has 0 unspecified atom stereocenters. The van der Waals surface area contributed by atoms with Gasteiger partial charge < -0.3 is 19.6 Å². The van der Waals surface area contributed by atoms with Crippen molar-refractivity contribution in [1.29, 1.82) is 0 Å². The quantitative estimate of drug-likeness (QED) is 0.737. The van der Waals surface area contributed by atoms with Gasteiger partial charge in [-0.05, 0) is 25.0 Å². The minimum Gasteiger partial charge on any atom is -0.451 e. The van der Waals surface area contributed by atoms with Crippen molar-refractivity contribution in [3.63, 3.8) is 0 Å². The number of piperidine rings is 1. The molecule has 2 amide bonds. The summed E-state index contributed by atoms with van der Waals surface area (Å²) in [5.74, 6) is -0.0122. The summed E-state index contributed by atoms with van der Waals surface area (Å²) in [6.45, 7) is 1.06. The molecule has 2 N–H and O–H groups in total. The summed E-state index contributed by atoms with van der Waals surface area (Å²) in [5.41, 5.74) is 5.45. The van der Waals surface area contributed by atoms with E-state index in [9.17, 15) is 14.4 Å². The van der Waals surface area contributed by atoms with Crippen LogP contribution >= 0.6 is 0 Å². The molecule has 1 saturated heterocycles. The molecule has 1 atom stereocenters. The van der Waals surface area contributed by atoms with Gasteiger partial charge in [0.1, 0.15) is 18.0 Å². The van der Waals surface area contributed by atoms with E-state index in [-0.39, 0.29) is 29.6 Å². The van der Waals surface area contributed by atoms with Crippen molar-refractivity contribution < 1.29 is 14.0 Å². The molecule has 28 heavy (non-hydrogen) atoms. The fourth-order valence-corrected chi connectivity index (χ4v) is 3.72. The van der Waals surface area contributed by atoms with Crippen LogP contribution in [0.15, 0.2) is 51.9 Å². The SMILES string of the molecule is NC(=O)Cn1ccnc1[C@@H]1CCCN(C(=O)c2cc(=O)c3ccccc3o2)C1. The molecule has 0 saturated carbocycles. The molecule has 0 spiro atoms. The second kappa shape index (κ2) is 7.30. The van der Waals surface area contributed by atoms with E-state index in [0.29, 0.717) is 24.1 Å². The minimum absolute atomic E-state index is 0.0146. The van der Waals surface area contributed by atoms with Gasteiger partial charge >= 0.3 is 0 Å². The van der Waals surface area contributed by atoms with Gasteiger partial charge in [0.2, 0.25) is 5.91 Å².